The zero-order chi connectivity index (χ0) is 96.4. The molecule has 1 unspecified atom stereocenters. The molecule has 12 aromatic rings. The molecular weight excluding hydrogens is 1810 g/mol. The van der Waals surface area contributed by atoms with E-state index in [2.05, 4.69) is 131 Å². The second-order valence-corrected chi connectivity index (χ2v) is 30.0. The van der Waals surface area contributed by atoms with Crippen molar-refractivity contribution in [2.45, 2.75) is 274 Å². The summed E-state index contributed by atoms with van der Waals surface area (Å²) >= 11 is 0. The van der Waals surface area contributed by atoms with Crippen LogP contribution in [0.1, 0.15) is 263 Å². The van der Waals surface area contributed by atoms with Crippen LogP contribution in [0.4, 0.5) is 0 Å². The number of aliphatic hydroxyl groups excluding tert-OH is 1. The lowest BCUT2D eigenvalue weighted by atomic mass is 9.90. The van der Waals surface area contributed by atoms with Crippen LogP contribution in [0, 0.1) is 82.9 Å². The summed E-state index contributed by atoms with van der Waals surface area (Å²) in [4.78, 5) is 182. The lowest BCUT2D eigenvalue weighted by Crippen LogP contribution is -2.15. The maximum atomic E-state index is 12.3. The largest absolute Gasteiger partial charge is 0.451 e. The molecule has 0 radical (unpaired) electrons. The molecule has 2 aliphatic rings. The number of H-pyrrole nitrogens is 6. The van der Waals surface area contributed by atoms with Crippen LogP contribution in [0.2, 0.25) is 0 Å². The van der Waals surface area contributed by atoms with Crippen molar-refractivity contribution in [1.82, 2.24) is 59.8 Å². The first-order chi connectivity index (χ1) is 64.8. The molecule has 0 spiro atoms. The maximum absolute atomic E-state index is 12.3. The molecule has 14 rings (SSSR count). The van der Waals surface area contributed by atoms with Gasteiger partial charge in [0.25, 0.3) is 33.4 Å². The molecule has 140 heavy (non-hydrogen) atoms. The smallest absolute Gasteiger partial charge is 0.337 e. The van der Waals surface area contributed by atoms with Gasteiger partial charge in [-0.1, -0.05) is 212 Å². The summed E-state index contributed by atoms with van der Waals surface area (Å²) in [5, 5.41) is 11.1. The number of hydrogen-bond donors (Lipinski definition) is 7. The van der Waals surface area contributed by atoms with E-state index in [9.17, 15) is 62.6 Å². The number of aromatic amines is 6. The maximum Gasteiger partial charge on any atom is 0.337 e. The molecule has 12 aromatic heterocycles. The highest BCUT2D eigenvalue weighted by molar-refractivity contribution is 5.80. The Morgan fingerprint density at radius 3 is 0.800 bits per heavy atom. The molecule has 2 aliphatic carbocycles. The third kappa shape index (κ3) is 36.3. The van der Waals surface area contributed by atoms with Gasteiger partial charge in [0.2, 0.25) is 34.3 Å². The van der Waals surface area contributed by atoms with Crippen LogP contribution in [0.25, 0.3) is 66.6 Å². The van der Waals surface area contributed by atoms with Gasteiger partial charge in [0.1, 0.15) is 38.4 Å². The van der Waals surface area contributed by atoms with Crippen molar-refractivity contribution in [2.75, 3.05) is 39.6 Å². The zero-order valence-electron chi connectivity index (χ0n) is 76.3. The highest BCUT2D eigenvalue weighted by atomic mass is 16.5. The Hall–Kier alpha value is -15.3. The van der Waals surface area contributed by atoms with Gasteiger partial charge in [-0.25, -0.2) is 28.8 Å². The van der Waals surface area contributed by atoms with Crippen LogP contribution < -0.4 is 95.5 Å². The first-order valence-corrected chi connectivity index (χ1v) is 44.5. The molecule has 2 saturated carbocycles. The molecule has 0 bridgehead atoms. The Kier molecular flexibility index (Phi) is 52.4. The lowest BCUT2D eigenvalue weighted by molar-refractivity contribution is 0.228. The minimum absolute atomic E-state index is 0. The van der Waals surface area contributed by atoms with Gasteiger partial charge in [-0.15, -0.1) is 11.8 Å². The molecule has 752 valence electrons. The van der Waals surface area contributed by atoms with E-state index in [1.54, 1.807) is 6.92 Å². The Bertz CT molecular complexity index is 7310. The van der Waals surface area contributed by atoms with Gasteiger partial charge >= 0.3 is 69.8 Å². The SMILES string of the molecule is C.C.C.C.C.C.CCC#CCOc1nc2oc(=O)cc(CC)c2c(=O)[nH]1.CCC#CCOc1nc2oc(=O)cc(CCCC)c2c(=O)[nH]1.CCCC#CCOc1nc2oc(=O)cc(CC)c2c(=O)[nH]1.CCCCc1cc(=O)oc2nc(OCC#CC(O)CC)[nH]c(=O)c12.CCCCc1cc(=O)oc2nc(OCC#CC3CC3)[nH]c(=O)c12.CCc1cc(=O)oc2nc(OCC#CC3CCCCC3)[nH]c(=O)c12. The number of rotatable bonds is 26. The topological polar surface area (TPSA) is 531 Å². The lowest BCUT2D eigenvalue weighted by Gasteiger charge is -2.15. The predicted molar refractivity (Wildman–Crippen MR) is 540 cm³/mol. The predicted octanol–water partition coefficient (Wildman–Crippen LogP) is 14.5. The molecule has 0 aliphatic heterocycles. The first kappa shape index (κ1) is 119. The van der Waals surface area contributed by atoms with Crippen molar-refractivity contribution in [3.05, 3.63) is 194 Å². The number of aromatic nitrogens is 12. The summed E-state index contributed by atoms with van der Waals surface area (Å²) < 4.78 is 61.7. The number of aliphatic hydroxyl groups is 1. The highest BCUT2D eigenvalue weighted by Gasteiger charge is 2.22. The number of nitrogens with one attached hydrogen (secondary N) is 6. The van der Waals surface area contributed by atoms with Gasteiger partial charge in [-0.3, -0.25) is 58.7 Å². The average molecular weight is 1940 g/mol. The monoisotopic (exact) mass is 1930 g/mol. The molecule has 2 fully saturated rings. The normalized spacial score (nSPS) is 11.4. The van der Waals surface area contributed by atoms with Crippen LogP contribution in [0.5, 0.6) is 36.1 Å². The fourth-order valence-electron chi connectivity index (χ4n) is 13.1. The van der Waals surface area contributed by atoms with Gasteiger partial charge in [-0.05, 0) is 130 Å². The number of unbranched alkanes of at least 4 members (excludes halogenated alkanes) is 4. The van der Waals surface area contributed by atoms with E-state index in [-0.39, 0.29) is 193 Å². The van der Waals surface area contributed by atoms with Crippen molar-refractivity contribution in [3.8, 4) is 107 Å². The molecular formula is C103H130N12O25. The van der Waals surface area contributed by atoms with Crippen LogP contribution >= 0.6 is 0 Å². The standard InChI is InChI=1S/C18H20N2O4.C17H20N2O5.C17H18N2O4.C16H18N2O4.C15H16N2O4.C14H14N2O4.6CH4/c1-2-13-11-14(21)24-17-15(13)16(22)19-18(20-17)23-10-6-9-12-7-4-3-5-8-12;1-3-5-7-11-10-13(21)24-16-14(11)15(22)18-17(19-16)23-9-6-8-12(20)4-2;1-2-3-6-12-10-13(20)23-16-14(12)15(21)18-17(19-16)22-9-4-5-11-7-8-11;1-3-5-7-9-21-16-17-14(20)13-11(8-6-4-2)10-12(19)22-15(13)18-16;1-3-5-6-7-8-20-15-16-13(19)12-10(4-2)9-11(18)21-14(12)17-15;1-3-5-6-7-19-14-15-12(18)11-9(4-2)8-10(17)20-13(11)16-14;;;;;;/h11-12H,2-5,7-8,10H2,1H3,(H,19,20,22);10,12,20H,3-5,7,9H2,1-2H3,(H,18,19,22);10-11H,2-3,6-9H2,1H3,(H,18,19,21);10H,3-4,6,8-9H2,1-2H3,(H,17,18,20);9H,3-5,8H2,1-2H3,(H,16,17,19);8H,3-4,7H2,1-2H3,(H,15,16,18);6*1H4. The fourth-order valence-corrected chi connectivity index (χ4v) is 13.1. The zero-order valence-corrected chi connectivity index (χ0v) is 76.3. The molecule has 37 nitrogen and oxygen atoms in total. The number of aryl methyl sites for hydroxylation is 6. The second-order valence-electron chi connectivity index (χ2n) is 30.0. The van der Waals surface area contributed by atoms with Gasteiger partial charge in [0, 0.05) is 67.5 Å². The van der Waals surface area contributed by atoms with Crippen LogP contribution in [-0.2, 0) is 38.5 Å². The highest BCUT2D eigenvalue weighted by Crippen LogP contribution is 2.28. The van der Waals surface area contributed by atoms with E-state index in [1.165, 1.54) is 55.7 Å². The molecule has 0 amide bonds. The minimum Gasteiger partial charge on any atom is -0.451 e. The quantitative estimate of drug-likeness (QED) is 0.0248. The van der Waals surface area contributed by atoms with Crippen LogP contribution in [0.3, 0.4) is 0 Å². The molecule has 7 N–H and O–H groups in total. The number of hydrogen-bond acceptors (Lipinski definition) is 31. The van der Waals surface area contributed by atoms with E-state index in [0.29, 0.717) is 101 Å². The summed E-state index contributed by atoms with van der Waals surface area (Å²) in [5.41, 5.74) is -1.84. The number of nitrogens with zero attached hydrogens (tertiary/aromatic N) is 6. The van der Waals surface area contributed by atoms with E-state index < -0.39 is 56.5 Å². The van der Waals surface area contributed by atoms with E-state index >= 15 is 0 Å². The van der Waals surface area contributed by atoms with E-state index in [1.807, 2.05) is 62.3 Å². The fraction of sp³-hybridized carbons (Fsp3) is 0.476. The Morgan fingerprint density at radius 1 is 0.314 bits per heavy atom. The summed E-state index contributed by atoms with van der Waals surface area (Å²) in [7, 11) is 0. The molecule has 0 aromatic carbocycles. The van der Waals surface area contributed by atoms with Gasteiger partial charge in [-0.2, -0.15) is 29.9 Å². The van der Waals surface area contributed by atoms with Crippen molar-refractivity contribution < 1.29 is 60.0 Å². The Labute approximate surface area is 809 Å². The Balaban J connectivity index is 0.000000429. The Morgan fingerprint density at radius 2 is 0.557 bits per heavy atom. The molecule has 1 atom stereocenters. The van der Waals surface area contributed by atoms with Crippen LogP contribution in [0.15, 0.2) is 120 Å². The first-order valence-electron chi connectivity index (χ1n) is 44.5. The number of ether oxygens (including phenoxy) is 6. The van der Waals surface area contributed by atoms with Gasteiger partial charge in [0.05, 0.1) is 0 Å². The van der Waals surface area contributed by atoms with Crippen molar-refractivity contribution >= 4 is 66.6 Å². The molecule has 0 saturated heterocycles. The van der Waals surface area contributed by atoms with Crippen molar-refractivity contribution in [2.24, 2.45) is 11.8 Å². The summed E-state index contributed by atoms with van der Waals surface area (Å²) in [6.45, 7) is 19.9. The van der Waals surface area contributed by atoms with E-state index in [4.69, 9.17) is 54.9 Å². The van der Waals surface area contributed by atoms with Crippen molar-refractivity contribution in [1.29, 1.82) is 0 Å². The molecule has 37 heteroatoms. The summed E-state index contributed by atoms with van der Waals surface area (Å²) in [6.07, 6.45) is 20.3. The number of fused-ring (bicyclic) bond motifs is 6. The summed E-state index contributed by atoms with van der Waals surface area (Å²) in [5.74, 6) is 35.2. The molecule has 12 heterocycles. The summed E-state index contributed by atoms with van der Waals surface area (Å²) in [6, 6.07) is 7.88. The third-order valence-electron chi connectivity index (χ3n) is 19.8. The third-order valence-corrected chi connectivity index (χ3v) is 19.8. The average Bonchev–Trinajstić information content (AvgIpc) is 1.16. The van der Waals surface area contributed by atoms with Gasteiger partial charge < -0.3 is 60.0 Å². The van der Waals surface area contributed by atoms with Gasteiger partial charge in [0.15, 0.2) is 39.6 Å². The van der Waals surface area contributed by atoms with Crippen molar-refractivity contribution in [3.63, 3.8) is 0 Å². The van der Waals surface area contributed by atoms with E-state index in [0.717, 1.165) is 89.9 Å². The second kappa shape index (κ2) is 61.7. The van der Waals surface area contributed by atoms with Crippen LogP contribution in [-0.4, -0.2) is 111 Å². The minimum atomic E-state index is -0.712.